The first-order chi connectivity index (χ1) is 23.6. The molecule has 8 rings (SSSR count). The van der Waals surface area contributed by atoms with Crippen LogP contribution in [0.25, 0.3) is 66.1 Å². The summed E-state index contributed by atoms with van der Waals surface area (Å²) in [4.78, 5) is 0. The second-order valence-corrected chi connectivity index (χ2v) is 11.8. The van der Waals surface area contributed by atoms with Crippen molar-refractivity contribution in [3.63, 3.8) is 0 Å². The zero-order valence-corrected chi connectivity index (χ0v) is 27.4. The highest BCUT2D eigenvalue weighted by molar-refractivity contribution is 6.13. The van der Waals surface area contributed by atoms with Gasteiger partial charge in [0.25, 0.3) is 0 Å². The van der Waals surface area contributed by atoms with Crippen molar-refractivity contribution in [3.05, 3.63) is 175 Å². The molecule has 0 unspecified atom stereocenters. The number of aromatic nitrogens is 2. The molecule has 0 spiro atoms. The summed E-state index contributed by atoms with van der Waals surface area (Å²) in [7, 11) is 0. The third kappa shape index (κ3) is 5.52. The molecular weight excluding hydrogens is 583 g/mol. The molecule has 0 bridgehead atoms. The molecule has 0 N–H and O–H groups in total. The molecule has 230 valence electrons. The van der Waals surface area contributed by atoms with Crippen LogP contribution in [-0.2, 0) is 0 Å². The maximum atomic E-state index is 8.41. The molecule has 0 saturated heterocycles. The Labute approximate surface area is 281 Å². The Morgan fingerprint density at radius 1 is 0.688 bits per heavy atom. The number of aryl methyl sites for hydroxylation is 1. The minimum Gasteiger partial charge on any atom is -0.310 e. The summed E-state index contributed by atoms with van der Waals surface area (Å²) in [6.07, 6.45) is 16.7. The maximum absolute atomic E-state index is 8.41. The molecule has 0 radical (unpaired) electrons. The molecule has 0 amide bonds. The van der Waals surface area contributed by atoms with Crippen molar-refractivity contribution in [1.82, 2.24) is 9.13 Å². The van der Waals surface area contributed by atoms with E-state index in [1.165, 1.54) is 60.4 Å². The van der Waals surface area contributed by atoms with Crippen LogP contribution < -0.4 is 0 Å². The van der Waals surface area contributed by atoms with Crippen LogP contribution in [-0.4, -0.2) is 9.13 Å². The van der Waals surface area contributed by atoms with Gasteiger partial charge in [0.2, 0.25) is 0 Å². The fraction of sp³-hybridized carbons (Fsp3) is 0.0667. The van der Waals surface area contributed by atoms with Gasteiger partial charge in [-0.25, -0.2) is 0 Å². The Balaban J connectivity index is 0.000000353. The van der Waals surface area contributed by atoms with Crippen LogP contribution in [0.15, 0.2) is 164 Å². The number of hydrogen-bond acceptors (Lipinski definition) is 1. The van der Waals surface area contributed by atoms with E-state index in [-0.39, 0.29) is 0 Å². The minimum atomic E-state index is 0.731. The molecule has 3 nitrogen and oxygen atoms in total. The van der Waals surface area contributed by atoms with Crippen LogP contribution in [0.4, 0.5) is 0 Å². The Bertz CT molecular complexity index is 2580. The number of hydrogen-bond donors (Lipinski definition) is 0. The van der Waals surface area contributed by atoms with Crippen LogP contribution in [0.2, 0.25) is 0 Å². The quantitative estimate of drug-likeness (QED) is 0.143. The van der Waals surface area contributed by atoms with Crippen molar-refractivity contribution < 1.29 is 0 Å². The number of rotatable bonds is 4. The molecule has 2 aromatic heterocycles. The van der Waals surface area contributed by atoms with Crippen LogP contribution in [0.3, 0.4) is 0 Å². The lowest BCUT2D eigenvalue weighted by Crippen LogP contribution is -1.94. The van der Waals surface area contributed by atoms with E-state index in [0.29, 0.717) is 0 Å². The van der Waals surface area contributed by atoms with Gasteiger partial charge in [0.15, 0.2) is 0 Å². The van der Waals surface area contributed by atoms with E-state index >= 15 is 0 Å². The normalized spacial score (nSPS) is 12.9. The molecule has 7 aromatic rings. The van der Waals surface area contributed by atoms with E-state index < -0.39 is 0 Å². The first-order valence-electron chi connectivity index (χ1n) is 16.2. The fourth-order valence-corrected chi connectivity index (χ4v) is 6.63. The first-order valence-corrected chi connectivity index (χ1v) is 16.2. The molecule has 1 aliphatic rings. The van der Waals surface area contributed by atoms with E-state index in [0.717, 1.165) is 16.8 Å². The van der Waals surface area contributed by atoms with E-state index in [2.05, 4.69) is 156 Å². The van der Waals surface area contributed by atoms with Gasteiger partial charge in [-0.05, 0) is 98.2 Å². The van der Waals surface area contributed by atoms with Crippen LogP contribution >= 0.6 is 0 Å². The number of benzene rings is 5. The monoisotopic (exact) mass is 617 g/mol. The van der Waals surface area contributed by atoms with Crippen LogP contribution in [0, 0.1) is 18.3 Å². The highest BCUT2D eigenvalue weighted by Gasteiger charge is 2.16. The lowest BCUT2D eigenvalue weighted by atomic mass is 10.0. The molecular formula is C45H35N3. The molecule has 2 heterocycles. The first kappa shape index (κ1) is 30.3. The van der Waals surface area contributed by atoms with Crippen molar-refractivity contribution in [2.24, 2.45) is 0 Å². The lowest BCUT2D eigenvalue weighted by Gasteiger charge is -2.10. The predicted molar refractivity (Wildman–Crippen MR) is 205 cm³/mol. The molecule has 1 aliphatic carbocycles. The van der Waals surface area contributed by atoms with Crippen LogP contribution in [0.5, 0.6) is 0 Å². The summed E-state index contributed by atoms with van der Waals surface area (Å²) in [6, 6.07) is 40.7. The van der Waals surface area contributed by atoms with E-state index in [4.69, 9.17) is 5.26 Å². The summed E-state index contributed by atoms with van der Waals surface area (Å²) in [5.41, 5.74) is 14.7. The Hall–Kier alpha value is -6.33. The SMILES string of the molecule is C/C=C\C(=C/C)n1c2ccccc2c2ccc(-c3ccc4c(c3)c3ccccc3n4C3=CC=CC=C=C3)cc21.Cc1cccc(C#N)c1. The topological polar surface area (TPSA) is 33.6 Å². The second kappa shape index (κ2) is 13.2. The van der Waals surface area contributed by atoms with Gasteiger partial charge < -0.3 is 9.13 Å². The Morgan fingerprint density at radius 2 is 1.40 bits per heavy atom. The summed E-state index contributed by atoms with van der Waals surface area (Å²) in [5.74, 6) is 0. The van der Waals surface area contributed by atoms with Crippen molar-refractivity contribution in [1.29, 1.82) is 5.26 Å². The Morgan fingerprint density at radius 3 is 2.15 bits per heavy atom. The van der Waals surface area contributed by atoms with Gasteiger partial charge >= 0.3 is 0 Å². The van der Waals surface area contributed by atoms with Gasteiger partial charge in [0.1, 0.15) is 0 Å². The molecule has 48 heavy (non-hydrogen) atoms. The van der Waals surface area contributed by atoms with Crippen molar-refractivity contribution in [2.75, 3.05) is 0 Å². The van der Waals surface area contributed by atoms with Crippen LogP contribution in [0.1, 0.15) is 25.0 Å². The zero-order valence-electron chi connectivity index (χ0n) is 27.4. The predicted octanol–water partition coefficient (Wildman–Crippen LogP) is 12.0. The average Bonchev–Trinajstić information content (AvgIpc) is 3.48. The van der Waals surface area contributed by atoms with Crippen molar-refractivity contribution in [3.8, 4) is 17.2 Å². The summed E-state index contributed by atoms with van der Waals surface area (Å²) < 4.78 is 4.71. The molecule has 0 fully saturated rings. The van der Waals surface area contributed by atoms with Gasteiger partial charge in [-0.15, -0.1) is 5.73 Å². The third-order valence-corrected chi connectivity index (χ3v) is 8.78. The number of nitrogens with zero attached hydrogens (tertiary/aromatic N) is 3. The average molecular weight is 618 g/mol. The lowest BCUT2D eigenvalue weighted by molar-refractivity contribution is 1.23. The van der Waals surface area contributed by atoms with Crippen molar-refractivity contribution >= 4 is 55.0 Å². The highest BCUT2D eigenvalue weighted by atomic mass is 15.0. The minimum absolute atomic E-state index is 0.731. The highest BCUT2D eigenvalue weighted by Crippen LogP contribution is 2.38. The molecule has 0 atom stereocenters. The molecule has 5 aromatic carbocycles. The number of fused-ring (bicyclic) bond motifs is 6. The summed E-state index contributed by atoms with van der Waals surface area (Å²) >= 11 is 0. The molecule has 3 heteroatoms. The third-order valence-electron chi connectivity index (χ3n) is 8.78. The van der Waals surface area contributed by atoms with Gasteiger partial charge in [-0.2, -0.15) is 5.26 Å². The number of nitriles is 1. The van der Waals surface area contributed by atoms with E-state index in [1.54, 1.807) is 6.07 Å². The summed E-state index contributed by atoms with van der Waals surface area (Å²) in [5, 5.41) is 13.5. The summed E-state index contributed by atoms with van der Waals surface area (Å²) in [6.45, 7) is 6.15. The van der Waals surface area contributed by atoms with E-state index in [9.17, 15) is 0 Å². The van der Waals surface area contributed by atoms with Gasteiger partial charge in [0.05, 0.1) is 39.4 Å². The van der Waals surface area contributed by atoms with Gasteiger partial charge in [0, 0.05) is 33.3 Å². The zero-order chi connectivity index (χ0) is 33.0. The molecule has 0 aliphatic heterocycles. The van der Waals surface area contributed by atoms with Gasteiger partial charge in [-0.3, -0.25) is 0 Å². The van der Waals surface area contributed by atoms with Gasteiger partial charge in [-0.1, -0.05) is 91.0 Å². The number of para-hydroxylation sites is 2. The Kier molecular flexibility index (Phi) is 8.33. The largest absolute Gasteiger partial charge is 0.310 e. The van der Waals surface area contributed by atoms with E-state index in [1.807, 2.05) is 37.3 Å². The number of allylic oxidation sites excluding steroid dienone is 9. The fourth-order valence-electron chi connectivity index (χ4n) is 6.63. The van der Waals surface area contributed by atoms with Crippen molar-refractivity contribution in [2.45, 2.75) is 20.8 Å². The standard InChI is InChI=1S/C37H28N2.C8H7N/c1-3-13-28(4-2)38-34-18-11-9-16-30(34)32-22-20-27(25-37(32)38)26-21-23-36-33(24-26)31-17-10-12-19-35(31)39(36)29-14-7-5-6-8-15-29;1-7-3-2-4-8(5-7)6-9/h3-7,9-25H,1-2H3;2-5H,1H3/b13-3-,28-4+;. The second-order valence-electron chi connectivity index (χ2n) is 11.8. The smallest absolute Gasteiger partial charge is 0.0991 e. The maximum Gasteiger partial charge on any atom is 0.0991 e. The molecule has 0 saturated carbocycles.